The highest BCUT2D eigenvalue weighted by atomic mass is 79.9. The summed E-state index contributed by atoms with van der Waals surface area (Å²) in [4.78, 5) is 26.7. The van der Waals surface area contributed by atoms with Crippen molar-refractivity contribution in [2.24, 2.45) is 0 Å². The summed E-state index contributed by atoms with van der Waals surface area (Å²) in [6.45, 7) is 1.20. The average molecular weight is 450 g/mol. The van der Waals surface area contributed by atoms with Crippen LogP contribution in [-0.2, 0) is 0 Å². The Hall–Kier alpha value is -3.12. The normalized spacial score (nSPS) is 14.4. The Morgan fingerprint density at radius 2 is 1.69 bits per heavy atom. The Balaban J connectivity index is 1.61. The van der Waals surface area contributed by atoms with E-state index in [1.54, 1.807) is 23.1 Å². The molecule has 1 aliphatic heterocycles. The Morgan fingerprint density at radius 3 is 2.38 bits per heavy atom. The minimum Gasteiger partial charge on any atom is -0.341 e. The number of anilines is 1. The third kappa shape index (κ3) is 4.32. The number of hydrogen-bond donors (Lipinski definition) is 2. The van der Waals surface area contributed by atoms with Crippen molar-refractivity contribution in [3.05, 3.63) is 100 Å². The van der Waals surface area contributed by atoms with Gasteiger partial charge in [-0.05, 0) is 41.5 Å². The van der Waals surface area contributed by atoms with Crippen molar-refractivity contribution in [2.45, 2.75) is 6.04 Å². The number of hydrogen-bond acceptors (Lipinski definition) is 2. The molecule has 4 rings (SSSR count). The fourth-order valence-corrected chi connectivity index (χ4v) is 3.67. The molecular formula is C23H20BrN3O2. The number of carbonyl (C=O) groups is 2. The van der Waals surface area contributed by atoms with Crippen LogP contribution in [0.1, 0.15) is 27.5 Å². The van der Waals surface area contributed by atoms with Crippen molar-refractivity contribution >= 4 is 33.6 Å². The molecule has 3 amide bonds. The van der Waals surface area contributed by atoms with E-state index in [0.29, 0.717) is 24.3 Å². The molecule has 0 spiro atoms. The van der Waals surface area contributed by atoms with Gasteiger partial charge in [0.05, 0.1) is 6.04 Å². The lowest BCUT2D eigenvalue weighted by molar-refractivity contribution is 0.0943. The van der Waals surface area contributed by atoms with Gasteiger partial charge in [0.15, 0.2) is 0 Å². The van der Waals surface area contributed by atoms with Crippen LogP contribution in [0.4, 0.5) is 10.5 Å². The van der Waals surface area contributed by atoms with Gasteiger partial charge in [-0.15, -0.1) is 0 Å². The quantitative estimate of drug-likeness (QED) is 0.602. The van der Waals surface area contributed by atoms with Crippen LogP contribution in [-0.4, -0.2) is 25.0 Å². The summed E-state index contributed by atoms with van der Waals surface area (Å²) in [7, 11) is 0. The highest BCUT2D eigenvalue weighted by Gasteiger charge is 2.23. The number of benzene rings is 3. The van der Waals surface area contributed by atoms with E-state index in [1.807, 2.05) is 60.7 Å². The smallest absolute Gasteiger partial charge is 0.321 e. The second-order valence-corrected chi connectivity index (χ2v) is 7.72. The van der Waals surface area contributed by atoms with E-state index in [0.717, 1.165) is 15.6 Å². The fraction of sp³-hybridized carbons (Fsp3) is 0.130. The lowest BCUT2D eigenvalue weighted by Crippen LogP contribution is -2.30. The van der Waals surface area contributed by atoms with Crippen LogP contribution in [0.5, 0.6) is 0 Å². The molecule has 0 radical (unpaired) electrons. The van der Waals surface area contributed by atoms with Crippen molar-refractivity contribution in [1.82, 2.24) is 10.6 Å². The van der Waals surface area contributed by atoms with E-state index in [9.17, 15) is 9.59 Å². The molecule has 146 valence electrons. The molecule has 3 aromatic carbocycles. The first-order valence-corrected chi connectivity index (χ1v) is 10.2. The molecule has 1 fully saturated rings. The first-order chi connectivity index (χ1) is 14.1. The number of carbonyl (C=O) groups excluding carboxylic acids is 2. The highest BCUT2D eigenvalue weighted by Crippen LogP contribution is 2.25. The monoisotopic (exact) mass is 449 g/mol. The standard InChI is InChI=1S/C23H20BrN3O2/c24-19-11-9-17(10-12-19)21(16-5-2-1-3-6-16)26-22(28)18-7-4-8-20(15-18)27-14-13-25-23(27)29/h1-12,15,21H,13-14H2,(H,25,29)(H,26,28). The molecule has 1 unspecified atom stereocenters. The number of amides is 3. The van der Waals surface area contributed by atoms with Gasteiger partial charge >= 0.3 is 6.03 Å². The largest absolute Gasteiger partial charge is 0.341 e. The van der Waals surface area contributed by atoms with Gasteiger partial charge in [-0.25, -0.2) is 4.79 Å². The minimum atomic E-state index is -0.282. The zero-order valence-corrected chi connectivity index (χ0v) is 17.2. The second-order valence-electron chi connectivity index (χ2n) is 6.80. The van der Waals surface area contributed by atoms with Crippen LogP contribution in [0.15, 0.2) is 83.3 Å². The van der Waals surface area contributed by atoms with Gasteiger partial charge in [0.2, 0.25) is 0 Å². The molecule has 5 nitrogen and oxygen atoms in total. The molecule has 1 aliphatic rings. The van der Waals surface area contributed by atoms with Gasteiger partial charge < -0.3 is 10.6 Å². The number of nitrogens with one attached hydrogen (secondary N) is 2. The molecule has 1 atom stereocenters. The molecule has 3 aromatic rings. The fourth-order valence-electron chi connectivity index (χ4n) is 3.41. The molecule has 0 bridgehead atoms. The summed E-state index contributed by atoms with van der Waals surface area (Å²) in [5.74, 6) is -0.191. The molecule has 0 aromatic heterocycles. The Kier molecular flexibility index (Phi) is 5.62. The SMILES string of the molecule is O=C(NC(c1ccccc1)c1ccc(Br)cc1)c1cccc(N2CCNC2=O)c1. The molecular weight excluding hydrogens is 430 g/mol. The summed E-state index contributed by atoms with van der Waals surface area (Å²) >= 11 is 3.46. The number of nitrogens with zero attached hydrogens (tertiary/aromatic N) is 1. The maximum atomic E-state index is 13.1. The number of urea groups is 1. The highest BCUT2D eigenvalue weighted by molar-refractivity contribution is 9.10. The predicted molar refractivity (Wildman–Crippen MR) is 117 cm³/mol. The predicted octanol–water partition coefficient (Wildman–Crippen LogP) is 4.50. The lowest BCUT2D eigenvalue weighted by atomic mass is 9.98. The Labute approximate surface area is 177 Å². The van der Waals surface area contributed by atoms with E-state index < -0.39 is 0 Å². The van der Waals surface area contributed by atoms with Crippen LogP contribution in [0, 0.1) is 0 Å². The van der Waals surface area contributed by atoms with Gasteiger partial charge in [-0.1, -0.05) is 64.5 Å². The van der Waals surface area contributed by atoms with Gasteiger partial charge in [0.25, 0.3) is 5.91 Å². The van der Waals surface area contributed by atoms with Crippen LogP contribution >= 0.6 is 15.9 Å². The van der Waals surface area contributed by atoms with E-state index >= 15 is 0 Å². The number of halogens is 1. The minimum absolute atomic E-state index is 0.139. The summed E-state index contributed by atoms with van der Waals surface area (Å²) in [5, 5.41) is 5.92. The van der Waals surface area contributed by atoms with Crippen LogP contribution in [0.3, 0.4) is 0 Å². The van der Waals surface area contributed by atoms with Gasteiger partial charge in [-0.3, -0.25) is 9.69 Å². The van der Waals surface area contributed by atoms with E-state index in [1.165, 1.54) is 0 Å². The van der Waals surface area contributed by atoms with Crippen molar-refractivity contribution < 1.29 is 9.59 Å². The third-order valence-corrected chi connectivity index (χ3v) is 5.42. The molecule has 29 heavy (non-hydrogen) atoms. The van der Waals surface area contributed by atoms with E-state index in [4.69, 9.17) is 0 Å². The first kappa shape index (κ1) is 19.2. The van der Waals surface area contributed by atoms with Gasteiger partial charge in [0.1, 0.15) is 0 Å². The Morgan fingerprint density at radius 1 is 0.966 bits per heavy atom. The molecule has 0 saturated carbocycles. The topological polar surface area (TPSA) is 61.4 Å². The van der Waals surface area contributed by atoms with Crippen molar-refractivity contribution in [2.75, 3.05) is 18.0 Å². The summed E-state index contributed by atoms with van der Waals surface area (Å²) in [6.07, 6.45) is 0. The van der Waals surface area contributed by atoms with Crippen LogP contribution < -0.4 is 15.5 Å². The maximum Gasteiger partial charge on any atom is 0.321 e. The van der Waals surface area contributed by atoms with Crippen molar-refractivity contribution in [1.29, 1.82) is 0 Å². The Bertz CT molecular complexity index is 1020. The first-order valence-electron chi connectivity index (χ1n) is 9.38. The molecule has 1 saturated heterocycles. The average Bonchev–Trinajstić information content (AvgIpc) is 3.19. The zero-order valence-electron chi connectivity index (χ0n) is 15.6. The summed E-state index contributed by atoms with van der Waals surface area (Å²) in [6, 6.07) is 24.5. The van der Waals surface area contributed by atoms with Crippen molar-refractivity contribution in [3.8, 4) is 0 Å². The van der Waals surface area contributed by atoms with Gasteiger partial charge in [-0.2, -0.15) is 0 Å². The molecule has 1 heterocycles. The second kappa shape index (κ2) is 8.49. The zero-order chi connectivity index (χ0) is 20.2. The van der Waals surface area contributed by atoms with Crippen molar-refractivity contribution in [3.63, 3.8) is 0 Å². The third-order valence-electron chi connectivity index (χ3n) is 4.89. The van der Waals surface area contributed by atoms with E-state index in [2.05, 4.69) is 26.6 Å². The van der Waals surface area contributed by atoms with E-state index in [-0.39, 0.29) is 18.0 Å². The number of rotatable bonds is 5. The molecule has 2 N–H and O–H groups in total. The summed E-state index contributed by atoms with van der Waals surface area (Å²) < 4.78 is 0.982. The maximum absolute atomic E-state index is 13.1. The summed E-state index contributed by atoms with van der Waals surface area (Å²) in [5.41, 5.74) is 3.22. The molecule has 0 aliphatic carbocycles. The lowest BCUT2D eigenvalue weighted by Gasteiger charge is -2.21. The van der Waals surface area contributed by atoms with Crippen LogP contribution in [0.25, 0.3) is 0 Å². The van der Waals surface area contributed by atoms with Crippen LogP contribution in [0.2, 0.25) is 0 Å². The molecule has 6 heteroatoms. The van der Waals surface area contributed by atoms with Gasteiger partial charge in [0, 0.05) is 28.8 Å².